The second kappa shape index (κ2) is 7.89. The van der Waals surface area contributed by atoms with E-state index in [2.05, 4.69) is 16.0 Å². The van der Waals surface area contributed by atoms with Gasteiger partial charge in [0.2, 0.25) is 11.8 Å². The highest BCUT2D eigenvalue weighted by Crippen LogP contribution is 2.14. The molecule has 1 aromatic carbocycles. The Labute approximate surface area is 136 Å². The summed E-state index contributed by atoms with van der Waals surface area (Å²) in [4.78, 5) is 23.0. The van der Waals surface area contributed by atoms with Crippen LogP contribution in [-0.2, 0) is 16.0 Å². The normalized spacial score (nSPS) is 10.7. The summed E-state index contributed by atoms with van der Waals surface area (Å²) in [5.41, 5.74) is 1.37. The highest BCUT2D eigenvalue weighted by Gasteiger charge is 2.21. The Bertz CT molecular complexity index is 548. The minimum absolute atomic E-state index is 0.0215. The standard InChI is InChI=1S/C16H23N3O2S/c1-16(2,3)14(21)19-15(22)18-12-8-5-11(6-9-12)7-10-13(20)17-4/h5-6,8-9H,7,10H2,1-4H3,(H,17,20)(H2,18,19,21,22). The summed E-state index contributed by atoms with van der Waals surface area (Å²) in [6.07, 6.45) is 1.15. The van der Waals surface area contributed by atoms with Gasteiger partial charge in [-0.15, -0.1) is 0 Å². The van der Waals surface area contributed by atoms with Crippen molar-refractivity contribution in [3.63, 3.8) is 0 Å². The fourth-order valence-electron chi connectivity index (χ4n) is 1.59. The van der Waals surface area contributed by atoms with E-state index in [9.17, 15) is 9.59 Å². The van der Waals surface area contributed by atoms with Gasteiger partial charge in [-0.05, 0) is 36.3 Å². The van der Waals surface area contributed by atoms with E-state index >= 15 is 0 Å². The molecule has 1 rings (SSSR count). The number of carbonyl (C=O) groups excluding carboxylic acids is 2. The molecule has 0 spiro atoms. The Kier molecular flexibility index (Phi) is 6.49. The smallest absolute Gasteiger partial charge is 0.231 e. The van der Waals surface area contributed by atoms with Crippen LogP contribution in [0.2, 0.25) is 0 Å². The molecule has 0 aliphatic heterocycles. The maximum absolute atomic E-state index is 11.8. The SMILES string of the molecule is CNC(=O)CCc1ccc(NC(=S)NC(=O)C(C)(C)C)cc1. The van der Waals surface area contributed by atoms with E-state index in [1.165, 1.54) is 0 Å². The molecule has 5 nitrogen and oxygen atoms in total. The van der Waals surface area contributed by atoms with E-state index in [0.29, 0.717) is 12.8 Å². The zero-order valence-corrected chi connectivity index (χ0v) is 14.3. The van der Waals surface area contributed by atoms with Gasteiger partial charge in [0.05, 0.1) is 0 Å². The average molecular weight is 321 g/mol. The van der Waals surface area contributed by atoms with Crippen LogP contribution in [0.15, 0.2) is 24.3 Å². The average Bonchev–Trinajstić information content (AvgIpc) is 2.45. The third kappa shape index (κ3) is 6.22. The number of rotatable bonds is 4. The number of amides is 2. The highest BCUT2D eigenvalue weighted by atomic mass is 32.1. The van der Waals surface area contributed by atoms with Crippen molar-refractivity contribution in [1.29, 1.82) is 0 Å². The lowest BCUT2D eigenvalue weighted by Crippen LogP contribution is -2.41. The Morgan fingerprint density at radius 3 is 2.23 bits per heavy atom. The first-order valence-corrected chi connectivity index (χ1v) is 7.55. The maximum Gasteiger partial charge on any atom is 0.231 e. The van der Waals surface area contributed by atoms with Gasteiger partial charge < -0.3 is 16.0 Å². The van der Waals surface area contributed by atoms with Crippen molar-refractivity contribution >= 4 is 34.8 Å². The zero-order chi connectivity index (χ0) is 16.8. The van der Waals surface area contributed by atoms with Gasteiger partial charge in [-0.25, -0.2) is 0 Å². The quantitative estimate of drug-likeness (QED) is 0.744. The summed E-state index contributed by atoms with van der Waals surface area (Å²) in [6.45, 7) is 5.48. The molecule has 3 N–H and O–H groups in total. The third-order valence-corrected chi connectivity index (χ3v) is 3.24. The van der Waals surface area contributed by atoms with Crippen LogP contribution in [0.4, 0.5) is 5.69 Å². The predicted molar refractivity (Wildman–Crippen MR) is 92.6 cm³/mol. The molecule has 0 aliphatic carbocycles. The van der Waals surface area contributed by atoms with E-state index in [4.69, 9.17) is 12.2 Å². The molecule has 0 unspecified atom stereocenters. The molecule has 2 amide bonds. The zero-order valence-electron chi connectivity index (χ0n) is 13.4. The molecule has 0 saturated carbocycles. The van der Waals surface area contributed by atoms with Gasteiger partial charge in [0.15, 0.2) is 5.11 Å². The van der Waals surface area contributed by atoms with Crippen molar-refractivity contribution in [3.05, 3.63) is 29.8 Å². The van der Waals surface area contributed by atoms with E-state index in [0.717, 1.165) is 11.3 Å². The third-order valence-electron chi connectivity index (χ3n) is 3.04. The van der Waals surface area contributed by atoms with Crippen molar-refractivity contribution in [2.24, 2.45) is 5.41 Å². The minimum atomic E-state index is -0.491. The molecule has 0 aliphatic rings. The molecule has 120 valence electrons. The number of benzene rings is 1. The van der Waals surface area contributed by atoms with Crippen molar-refractivity contribution in [1.82, 2.24) is 10.6 Å². The fraction of sp³-hybridized carbons (Fsp3) is 0.438. The van der Waals surface area contributed by atoms with Gasteiger partial charge >= 0.3 is 0 Å². The van der Waals surface area contributed by atoms with Crippen LogP contribution in [-0.4, -0.2) is 24.0 Å². The monoisotopic (exact) mass is 321 g/mol. The van der Waals surface area contributed by atoms with Crippen LogP contribution in [0.3, 0.4) is 0 Å². The van der Waals surface area contributed by atoms with Gasteiger partial charge in [-0.3, -0.25) is 9.59 Å². The molecule has 0 radical (unpaired) electrons. The molecular formula is C16H23N3O2S. The summed E-state index contributed by atoms with van der Waals surface area (Å²) >= 11 is 5.12. The van der Waals surface area contributed by atoms with Crippen molar-refractivity contribution < 1.29 is 9.59 Å². The highest BCUT2D eigenvalue weighted by molar-refractivity contribution is 7.80. The fourth-order valence-corrected chi connectivity index (χ4v) is 1.80. The van der Waals surface area contributed by atoms with Crippen LogP contribution in [0.1, 0.15) is 32.8 Å². The van der Waals surface area contributed by atoms with E-state index in [-0.39, 0.29) is 16.9 Å². The van der Waals surface area contributed by atoms with Crippen LogP contribution < -0.4 is 16.0 Å². The number of thiocarbonyl (C=S) groups is 1. The number of hydrogen-bond acceptors (Lipinski definition) is 3. The second-order valence-electron chi connectivity index (χ2n) is 6.03. The summed E-state index contributed by atoms with van der Waals surface area (Å²) in [7, 11) is 1.63. The Morgan fingerprint density at radius 2 is 1.73 bits per heavy atom. The molecule has 0 saturated heterocycles. The summed E-state index contributed by atoms with van der Waals surface area (Å²) in [6, 6.07) is 7.60. The second-order valence-corrected chi connectivity index (χ2v) is 6.44. The lowest BCUT2D eigenvalue weighted by molar-refractivity contribution is -0.127. The first kappa shape index (κ1) is 18.1. The first-order valence-electron chi connectivity index (χ1n) is 7.14. The van der Waals surface area contributed by atoms with Gasteiger partial charge in [0.25, 0.3) is 0 Å². The molecule has 0 atom stereocenters. The van der Waals surface area contributed by atoms with Crippen LogP contribution in [0.5, 0.6) is 0 Å². The largest absolute Gasteiger partial charge is 0.359 e. The predicted octanol–water partition coefficient (Wildman–Crippen LogP) is 2.22. The minimum Gasteiger partial charge on any atom is -0.359 e. The van der Waals surface area contributed by atoms with Gasteiger partial charge in [0.1, 0.15) is 0 Å². The molecule has 6 heteroatoms. The van der Waals surface area contributed by atoms with Gasteiger partial charge in [0, 0.05) is 24.6 Å². The van der Waals surface area contributed by atoms with Crippen molar-refractivity contribution in [2.45, 2.75) is 33.6 Å². The summed E-state index contributed by atoms with van der Waals surface area (Å²) in [5, 5.41) is 8.50. The van der Waals surface area contributed by atoms with Crippen LogP contribution >= 0.6 is 12.2 Å². The molecule has 22 heavy (non-hydrogen) atoms. The molecular weight excluding hydrogens is 298 g/mol. The Hall–Kier alpha value is -1.95. The number of anilines is 1. The van der Waals surface area contributed by atoms with Crippen molar-refractivity contribution in [2.75, 3.05) is 12.4 Å². The van der Waals surface area contributed by atoms with E-state index in [1.54, 1.807) is 7.05 Å². The first-order chi connectivity index (χ1) is 10.2. The lowest BCUT2D eigenvalue weighted by atomic mass is 9.96. The molecule has 0 aromatic heterocycles. The summed E-state index contributed by atoms with van der Waals surface area (Å²) in [5.74, 6) is -0.111. The van der Waals surface area contributed by atoms with Crippen LogP contribution in [0, 0.1) is 5.41 Å². The molecule has 1 aromatic rings. The van der Waals surface area contributed by atoms with Gasteiger partial charge in [-0.2, -0.15) is 0 Å². The topological polar surface area (TPSA) is 70.2 Å². The summed E-state index contributed by atoms with van der Waals surface area (Å²) < 4.78 is 0. The Balaban J connectivity index is 2.52. The number of carbonyl (C=O) groups is 2. The molecule has 0 fully saturated rings. The van der Waals surface area contributed by atoms with E-state index in [1.807, 2.05) is 45.0 Å². The van der Waals surface area contributed by atoms with Crippen LogP contribution in [0.25, 0.3) is 0 Å². The number of hydrogen-bond donors (Lipinski definition) is 3. The van der Waals surface area contributed by atoms with Gasteiger partial charge in [-0.1, -0.05) is 32.9 Å². The number of nitrogens with one attached hydrogen (secondary N) is 3. The Morgan fingerprint density at radius 1 is 1.14 bits per heavy atom. The maximum atomic E-state index is 11.8. The number of aryl methyl sites for hydroxylation is 1. The van der Waals surface area contributed by atoms with E-state index < -0.39 is 5.41 Å². The molecule has 0 heterocycles. The molecule has 0 bridgehead atoms. The van der Waals surface area contributed by atoms with Crippen molar-refractivity contribution in [3.8, 4) is 0 Å². The lowest BCUT2D eigenvalue weighted by Gasteiger charge is -2.18.